The molecule has 0 saturated carbocycles. The molecular weight excluding hydrogens is 530 g/mol. The van der Waals surface area contributed by atoms with E-state index in [1.165, 1.54) is 24.6 Å². The lowest BCUT2D eigenvalue weighted by Crippen LogP contribution is -2.37. The lowest BCUT2D eigenvalue weighted by molar-refractivity contribution is -0.138. The van der Waals surface area contributed by atoms with Gasteiger partial charge in [0.1, 0.15) is 15.8 Å². The smallest absolute Gasteiger partial charge is 0.469 e. The van der Waals surface area contributed by atoms with Gasteiger partial charge in [0.2, 0.25) is 0 Å². The number of nitrogens with zero attached hydrogens (tertiary/aromatic N) is 2. The summed E-state index contributed by atoms with van der Waals surface area (Å²) in [6.07, 6.45) is -0.225. The van der Waals surface area contributed by atoms with Crippen molar-refractivity contribution in [1.82, 2.24) is 10.2 Å². The van der Waals surface area contributed by atoms with Crippen LogP contribution in [0.2, 0.25) is 0 Å². The van der Waals surface area contributed by atoms with Crippen LogP contribution in [0.1, 0.15) is 48.7 Å². The van der Waals surface area contributed by atoms with Gasteiger partial charge in [0.25, 0.3) is 0 Å². The first kappa shape index (κ1) is 29.2. The number of rotatable bonds is 13. The van der Waals surface area contributed by atoms with Crippen LogP contribution in [0.25, 0.3) is 10.6 Å². The number of hydrogen-bond acceptors (Lipinski definition) is 7. The number of nitrogens with two attached hydrogens (primary N) is 1. The van der Waals surface area contributed by atoms with Crippen molar-refractivity contribution in [1.29, 1.82) is 0 Å². The zero-order valence-electron chi connectivity index (χ0n) is 20.1. The van der Waals surface area contributed by atoms with Crippen LogP contribution in [-0.4, -0.2) is 33.2 Å². The van der Waals surface area contributed by atoms with Crippen LogP contribution >= 0.6 is 19.2 Å². The highest BCUT2D eigenvalue weighted by Gasteiger charge is 2.35. The van der Waals surface area contributed by atoms with E-state index in [0.29, 0.717) is 6.42 Å². The summed E-state index contributed by atoms with van der Waals surface area (Å²) >= 11 is 0.908. The Morgan fingerprint density at radius 2 is 1.73 bits per heavy atom. The number of aromatic nitrogens is 2. The topological polar surface area (TPSA) is 128 Å². The molecule has 0 spiro atoms. The van der Waals surface area contributed by atoms with E-state index in [1.54, 1.807) is 0 Å². The molecule has 3 aromatic rings. The van der Waals surface area contributed by atoms with E-state index in [1.807, 2.05) is 18.2 Å². The number of halogens is 3. The number of benzene rings is 2. The van der Waals surface area contributed by atoms with Gasteiger partial charge < -0.3 is 20.3 Å². The third kappa shape index (κ3) is 9.17. The zero-order valence-corrected chi connectivity index (χ0v) is 21.9. The van der Waals surface area contributed by atoms with Gasteiger partial charge in [-0.25, -0.2) is 4.57 Å². The van der Waals surface area contributed by atoms with Gasteiger partial charge in [0.15, 0.2) is 0 Å². The van der Waals surface area contributed by atoms with E-state index < -0.39 is 31.7 Å². The van der Waals surface area contributed by atoms with E-state index in [9.17, 15) is 17.7 Å². The van der Waals surface area contributed by atoms with Crippen LogP contribution in [0.15, 0.2) is 48.5 Å². The van der Waals surface area contributed by atoms with Gasteiger partial charge in [-0.15, -0.1) is 10.2 Å². The summed E-state index contributed by atoms with van der Waals surface area (Å²) in [4.78, 5) is 17.8. The van der Waals surface area contributed by atoms with Crippen molar-refractivity contribution in [2.45, 2.75) is 50.7 Å². The fourth-order valence-electron chi connectivity index (χ4n) is 3.47. The second-order valence-electron chi connectivity index (χ2n) is 8.80. The van der Waals surface area contributed by atoms with Crippen LogP contribution in [-0.2, 0) is 27.2 Å². The predicted molar refractivity (Wildman–Crippen MR) is 134 cm³/mol. The van der Waals surface area contributed by atoms with E-state index >= 15 is 0 Å². The molecule has 8 nitrogen and oxygen atoms in total. The molecule has 0 aliphatic rings. The Bertz CT molecular complexity index is 1200. The first-order valence-corrected chi connectivity index (χ1v) is 13.9. The number of unbranched alkanes of at least 4 members (excludes halogenated alkanes) is 3. The molecule has 1 atom stereocenters. The molecular formula is C24H29F3N3O5PS. The van der Waals surface area contributed by atoms with Gasteiger partial charge >= 0.3 is 14.0 Å². The number of phosphoric ester groups is 1. The summed E-state index contributed by atoms with van der Waals surface area (Å²) in [5.74, 6) is -0.260. The maximum atomic E-state index is 13.8. The quantitative estimate of drug-likeness (QED) is 0.180. The number of phosphoric acid groups is 1. The highest BCUT2D eigenvalue weighted by atomic mass is 32.1. The molecule has 2 aromatic carbocycles. The minimum atomic E-state index is -4.76. The molecule has 0 bridgehead atoms. The molecule has 1 heterocycles. The predicted octanol–water partition coefficient (Wildman–Crippen LogP) is 5.69. The van der Waals surface area contributed by atoms with Crippen LogP contribution in [0, 0.1) is 0 Å². The summed E-state index contributed by atoms with van der Waals surface area (Å²) in [7, 11) is -4.76. The van der Waals surface area contributed by atoms with Crippen LogP contribution in [0.5, 0.6) is 5.75 Å². The van der Waals surface area contributed by atoms with Gasteiger partial charge in [-0.1, -0.05) is 54.5 Å². The highest BCUT2D eigenvalue weighted by molar-refractivity contribution is 7.46. The van der Waals surface area contributed by atoms with Gasteiger partial charge in [0, 0.05) is 5.56 Å². The Balaban J connectivity index is 1.59. The van der Waals surface area contributed by atoms with Crippen molar-refractivity contribution in [3.05, 3.63) is 64.7 Å². The first-order valence-electron chi connectivity index (χ1n) is 11.6. The van der Waals surface area contributed by atoms with E-state index in [0.717, 1.165) is 43.1 Å². The Morgan fingerprint density at radius 3 is 2.41 bits per heavy atom. The molecule has 13 heteroatoms. The Hall–Kier alpha value is -2.34. The summed E-state index contributed by atoms with van der Waals surface area (Å²) in [6, 6.07) is 13.8. The number of alkyl halides is 3. The standard InChI is InChI=1S/C24H29F3N3O5PS/c1-23(28,16-35-36(31,32)33)22-30-29-21(37-22)18-12-13-20(19(15-18)24(25,26)27)34-14-8-3-2-5-9-17-10-6-4-7-11-17/h4,6-7,10-13,15H,2-3,5,8-9,14,16,28H2,1H3,(H2,31,32,33)/t23-/m0/s1. The Labute approximate surface area is 216 Å². The van der Waals surface area contributed by atoms with Crippen molar-refractivity contribution in [2.75, 3.05) is 13.2 Å². The second kappa shape index (κ2) is 12.5. The van der Waals surface area contributed by atoms with Crippen LogP contribution in [0.4, 0.5) is 13.2 Å². The van der Waals surface area contributed by atoms with Gasteiger partial charge in [-0.2, -0.15) is 13.2 Å². The van der Waals surface area contributed by atoms with Crippen LogP contribution < -0.4 is 10.5 Å². The molecule has 0 aliphatic carbocycles. The summed E-state index contributed by atoms with van der Waals surface area (Å²) in [6.45, 7) is 1.03. The average Bonchev–Trinajstić information content (AvgIpc) is 3.33. The molecule has 0 amide bonds. The fraction of sp³-hybridized carbons (Fsp3) is 0.417. The van der Waals surface area contributed by atoms with Crippen molar-refractivity contribution in [3.63, 3.8) is 0 Å². The van der Waals surface area contributed by atoms with Gasteiger partial charge in [0.05, 0.1) is 24.3 Å². The molecule has 1 aromatic heterocycles. The van der Waals surface area contributed by atoms with Gasteiger partial charge in [-0.05, 0) is 49.9 Å². The Morgan fingerprint density at radius 1 is 1.03 bits per heavy atom. The molecule has 0 aliphatic heterocycles. The monoisotopic (exact) mass is 559 g/mol. The SMILES string of the molecule is C[C@](N)(COP(=O)(O)O)c1nnc(-c2ccc(OCCCCCCc3ccccc3)c(C(F)(F)F)c2)s1. The Kier molecular flexibility index (Phi) is 9.85. The molecule has 0 saturated heterocycles. The normalized spacial score (nSPS) is 13.9. The van der Waals surface area contributed by atoms with Crippen molar-refractivity contribution in [2.24, 2.45) is 5.73 Å². The summed E-state index contributed by atoms with van der Waals surface area (Å²) in [5, 5.41) is 8.10. The third-order valence-corrected chi connectivity index (χ3v) is 7.16. The van der Waals surface area contributed by atoms with Crippen LogP contribution in [0.3, 0.4) is 0 Å². The molecule has 37 heavy (non-hydrogen) atoms. The second-order valence-corrected chi connectivity index (χ2v) is 11.0. The lowest BCUT2D eigenvalue weighted by atomic mass is 10.1. The average molecular weight is 560 g/mol. The summed E-state index contributed by atoms with van der Waals surface area (Å²) in [5.41, 5.74) is 5.12. The first-order chi connectivity index (χ1) is 17.4. The maximum Gasteiger partial charge on any atom is 0.469 e. The molecule has 0 radical (unpaired) electrons. The van der Waals surface area contributed by atoms with E-state index in [-0.39, 0.29) is 27.9 Å². The molecule has 3 rings (SSSR count). The summed E-state index contributed by atoms with van der Waals surface area (Å²) < 4.78 is 62.2. The number of ether oxygens (including phenoxy) is 1. The largest absolute Gasteiger partial charge is 0.493 e. The number of aryl methyl sites for hydroxylation is 1. The van der Waals surface area contributed by atoms with Crippen molar-refractivity contribution >= 4 is 19.2 Å². The van der Waals surface area contributed by atoms with E-state index in [4.69, 9.17) is 20.3 Å². The zero-order chi connectivity index (χ0) is 27.1. The van der Waals surface area contributed by atoms with Crippen molar-refractivity contribution < 1.29 is 36.8 Å². The minimum Gasteiger partial charge on any atom is -0.493 e. The molecule has 202 valence electrons. The maximum absolute atomic E-state index is 13.8. The molecule has 0 fully saturated rings. The lowest BCUT2D eigenvalue weighted by Gasteiger charge is -2.21. The van der Waals surface area contributed by atoms with Gasteiger partial charge in [-0.3, -0.25) is 4.52 Å². The number of hydrogen-bond donors (Lipinski definition) is 3. The highest BCUT2D eigenvalue weighted by Crippen LogP contribution is 2.41. The molecule has 0 unspecified atom stereocenters. The fourth-order valence-corrected chi connectivity index (χ4v) is 4.79. The third-order valence-electron chi connectivity index (χ3n) is 5.44. The van der Waals surface area contributed by atoms with E-state index in [2.05, 4.69) is 26.9 Å². The minimum absolute atomic E-state index is 0.150. The molecule has 4 N–H and O–H groups in total. The van der Waals surface area contributed by atoms with Crippen molar-refractivity contribution in [3.8, 4) is 16.3 Å².